The highest BCUT2D eigenvalue weighted by atomic mass is 32.2. The second-order valence-electron chi connectivity index (χ2n) is 4.01. The predicted octanol–water partition coefficient (Wildman–Crippen LogP) is 0.408. The van der Waals surface area contributed by atoms with Crippen LogP contribution >= 0.6 is 0 Å². The molecule has 2 unspecified atom stereocenters. The van der Waals surface area contributed by atoms with Crippen LogP contribution in [0.1, 0.15) is 26.2 Å². The third-order valence-electron chi connectivity index (χ3n) is 2.96. The van der Waals surface area contributed by atoms with Crippen LogP contribution in [0.5, 0.6) is 0 Å². The van der Waals surface area contributed by atoms with Crippen molar-refractivity contribution in [3.05, 3.63) is 0 Å². The summed E-state index contributed by atoms with van der Waals surface area (Å²) in [7, 11) is -1.16. The average Bonchev–Trinajstić information content (AvgIpc) is 2.15. The molecule has 4 nitrogen and oxygen atoms in total. The van der Waals surface area contributed by atoms with Gasteiger partial charge >= 0.3 is 0 Å². The van der Waals surface area contributed by atoms with Gasteiger partial charge < -0.3 is 5.32 Å². The summed E-state index contributed by atoms with van der Waals surface area (Å²) in [6, 6.07) is 0.355. The maximum Gasteiger partial charge on any atom is 0.211 e. The van der Waals surface area contributed by atoms with Crippen molar-refractivity contribution in [3.8, 4) is 0 Å². The third kappa shape index (κ3) is 2.68. The highest BCUT2D eigenvalue weighted by molar-refractivity contribution is 7.88. The number of sulfonamides is 1. The summed E-state index contributed by atoms with van der Waals surface area (Å²) in [5, 5.41) is 3.13. The van der Waals surface area contributed by atoms with E-state index < -0.39 is 10.0 Å². The second-order valence-corrected chi connectivity index (χ2v) is 5.95. The Balaban J connectivity index is 2.79. The molecule has 1 heterocycles. The molecule has 84 valence electrons. The van der Waals surface area contributed by atoms with E-state index in [1.807, 2.05) is 14.0 Å². The Morgan fingerprint density at radius 2 is 2.07 bits per heavy atom. The third-order valence-corrected chi connectivity index (χ3v) is 4.26. The van der Waals surface area contributed by atoms with Gasteiger partial charge in [-0.2, -0.15) is 4.31 Å². The fourth-order valence-corrected chi connectivity index (χ4v) is 3.28. The van der Waals surface area contributed by atoms with Crippen LogP contribution in [0, 0.1) is 0 Å². The van der Waals surface area contributed by atoms with Gasteiger partial charge in [0.25, 0.3) is 0 Å². The predicted molar refractivity (Wildman–Crippen MR) is 57.7 cm³/mol. The van der Waals surface area contributed by atoms with Crippen LogP contribution in [-0.2, 0) is 10.0 Å². The minimum Gasteiger partial charge on any atom is -0.316 e. The van der Waals surface area contributed by atoms with E-state index in [4.69, 9.17) is 0 Å². The topological polar surface area (TPSA) is 49.4 Å². The van der Waals surface area contributed by atoms with Gasteiger partial charge in [0.15, 0.2) is 0 Å². The first-order valence-corrected chi connectivity index (χ1v) is 6.95. The van der Waals surface area contributed by atoms with E-state index in [0.29, 0.717) is 6.54 Å². The molecule has 1 rings (SSSR count). The lowest BCUT2D eigenvalue weighted by Crippen LogP contribution is -2.52. The fraction of sp³-hybridized carbons (Fsp3) is 1.00. The van der Waals surface area contributed by atoms with Crippen molar-refractivity contribution in [1.29, 1.82) is 0 Å². The molecule has 0 aliphatic carbocycles. The van der Waals surface area contributed by atoms with Crippen molar-refractivity contribution in [2.45, 2.75) is 38.3 Å². The van der Waals surface area contributed by atoms with E-state index in [0.717, 1.165) is 19.3 Å². The van der Waals surface area contributed by atoms with Crippen molar-refractivity contribution in [2.24, 2.45) is 0 Å². The molecular formula is C9H20N2O2S. The van der Waals surface area contributed by atoms with Crippen LogP contribution < -0.4 is 5.32 Å². The number of piperidine rings is 1. The lowest BCUT2D eigenvalue weighted by Gasteiger charge is -2.37. The van der Waals surface area contributed by atoms with Crippen molar-refractivity contribution in [1.82, 2.24) is 9.62 Å². The fourth-order valence-electron chi connectivity index (χ4n) is 2.03. The van der Waals surface area contributed by atoms with Crippen LogP contribution in [0.25, 0.3) is 0 Å². The van der Waals surface area contributed by atoms with Crippen molar-refractivity contribution < 1.29 is 8.42 Å². The van der Waals surface area contributed by atoms with Gasteiger partial charge in [-0.05, 0) is 26.8 Å². The number of hydrogen-bond acceptors (Lipinski definition) is 3. The van der Waals surface area contributed by atoms with E-state index in [1.54, 1.807) is 4.31 Å². The summed E-state index contributed by atoms with van der Waals surface area (Å²) in [5.41, 5.74) is 0. The molecule has 0 radical (unpaired) electrons. The molecule has 1 saturated heterocycles. The lowest BCUT2D eigenvalue weighted by atomic mass is 9.99. The average molecular weight is 220 g/mol. The van der Waals surface area contributed by atoms with Crippen molar-refractivity contribution >= 4 is 10.0 Å². The van der Waals surface area contributed by atoms with Gasteiger partial charge in [0, 0.05) is 18.6 Å². The van der Waals surface area contributed by atoms with Crippen LogP contribution in [0.2, 0.25) is 0 Å². The van der Waals surface area contributed by atoms with Gasteiger partial charge in [0.05, 0.1) is 6.26 Å². The molecule has 1 aliphatic heterocycles. The first-order valence-electron chi connectivity index (χ1n) is 5.11. The first kappa shape index (κ1) is 11.9. The van der Waals surface area contributed by atoms with Crippen LogP contribution in [0.4, 0.5) is 0 Å². The largest absolute Gasteiger partial charge is 0.316 e. The Bertz CT molecular complexity index is 277. The number of likely N-dealkylation sites (N-methyl/N-ethyl adjacent to an activating group) is 1. The molecule has 5 heteroatoms. The van der Waals surface area contributed by atoms with E-state index >= 15 is 0 Å². The van der Waals surface area contributed by atoms with E-state index in [1.165, 1.54) is 6.26 Å². The van der Waals surface area contributed by atoms with Gasteiger partial charge in [0.2, 0.25) is 10.0 Å². The first-order chi connectivity index (χ1) is 6.46. The number of nitrogens with zero attached hydrogens (tertiary/aromatic N) is 1. The molecule has 2 atom stereocenters. The van der Waals surface area contributed by atoms with Gasteiger partial charge in [-0.3, -0.25) is 0 Å². The standard InChI is InChI=1S/C9H20N2O2S/c1-8(10-2)9-6-4-5-7-11(9)14(3,12)13/h8-10H,4-7H2,1-3H3. The zero-order valence-electron chi connectivity index (χ0n) is 9.16. The van der Waals surface area contributed by atoms with E-state index in [-0.39, 0.29) is 12.1 Å². The van der Waals surface area contributed by atoms with Crippen LogP contribution in [0.15, 0.2) is 0 Å². The molecule has 0 aromatic carbocycles. The zero-order chi connectivity index (χ0) is 10.8. The van der Waals surface area contributed by atoms with Crippen LogP contribution in [-0.4, -0.2) is 44.7 Å². The molecule has 0 aromatic rings. The quantitative estimate of drug-likeness (QED) is 0.749. The number of rotatable bonds is 3. The molecular weight excluding hydrogens is 200 g/mol. The molecule has 0 aromatic heterocycles. The molecule has 0 spiro atoms. The van der Waals surface area contributed by atoms with E-state index in [9.17, 15) is 8.42 Å². The monoisotopic (exact) mass is 220 g/mol. The Kier molecular flexibility index (Phi) is 3.92. The summed E-state index contributed by atoms with van der Waals surface area (Å²) in [6.45, 7) is 2.71. The number of nitrogens with one attached hydrogen (secondary N) is 1. The second kappa shape index (κ2) is 4.59. The molecule has 1 N–H and O–H groups in total. The molecule has 0 saturated carbocycles. The highest BCUT2D eigenvalue weighted by Gasteiger charge is 2.32. The van der Waals surface area contributed by atoms with Gasteiger partial charge in [0.1, 0.15) is 0 Å². The number of hydrogen-bond donors (Lipinski definition) is 1. The maximum atomic E-state index is 11.5. The van der Waals surface area contributed by atoms with Gasteiger partial charge in [-0.25, -0.2) is 8.42 Å². The zero-order valence-corrected chi connectivity index (χ0v) is 9.97. The summed E-state index contributed by atoms with van der Waals surface area (Å²) < 4.78 is 24.7. The molecule has 0 amide bonds. The molecule has 1 fully saturated rings. The maximum absolute atomic E-state index is 11.5. The summed E-state index contributed by atoms with van der Waals surface area (Å²) in [5.74, 6) is 0. The smallest absolute Gasteiger partial charge is 0.211 e. The Morgan fingerprint density at radius 1 is 1.43 bits per heavy atom. The normalized spacial score (nSPS) is 27.5. The summed E-state index contributed by atoms with van der Waals surface area (Å²) >= 11 is 0. The van der Waals surface area contributed by atoms with Gasteiger partial charge in [-0.15, -0.1) is 0 Å². The van der Waals surface area contributed by atoms with Crippen molar-refractivity contribution in [3.63, 3.8) is 0 Å². The van der Waals surface area contributed by atoms with Crippen LogP contribution in [0.3, 0.4) is 0 Å². The summed E-state index contributed by atoms with van der Waals surface area (Å²) in [4.78, 5) is 0. The Hall–Kier alpha value is -0.130. The highest BCUT2D eigenvalue weighted by Crippen LogP contribution is 2.21. The molecule has 1 aliphatic rings. The minimum atomic E-state index is -3.04. The summed E-state index contributed by atoms with van der Waals surface area (Å²) in [6.07, 6.45) is 4.38. The van der Waals surface area contributed by atoms with E-state index in [2.05, 4.69) is 5.32 Å². The SMILES string of the molecule is CNC(C)C1CCCCN1S(C)(=O)=O. The lowest BCUT2D eigenvalue weighted by molar-refractivity contribution is 0.214. The minimum absolute atomic E-state index is 0.128. The molecule has 0 bridgehead atoms. The Morgan fingerprint density at radius 3 is 2.57 bits per heavy atom. The van der Waals surface area contributed by atoms with Crippen molar-refractivity contribution in [2.75, 3.05) is 19.8 Å². The molecule has 14 heavy (non-hydrogen) atoms. The Labute approximate surface area is 86.7 Å². The van der Waals surface area contributed by atoms with Gasteiger partial charge in [-0.1, -0.05) is 6.42 Å².